The number of nitrogens with one attached hydrogen (secondary N) is 2. The molecular formula is C19H15ClN2O3S. The van der Waals surface area contributed by atoms with Crippen molar-refractivity contribution in [2.45, 2.75) is 4.90 Å². The quantitative estimate of drug-likeness (QED) is 0.682. The van der Waals surface area contributed by atoms with E-state index in [0.29, 0.717) is 16.4 Å². The zero-order valence-corrected chi connectivity index (χ0v) is 15.1. The zero-order chi connectivity index (χ0) is 18.6. The first-order valence-electron chi connectivity index (χ1n) is 7.69. The van der Waals surface area contributed by atoms with Gasteiger partial charge >= 0.3 is 0 Å². The van der Waals surface area contributed by atoms with Crippen LogP contribution in [0.25, 0.3) is 0 Å². The monoisotopic (exact) mass is 386 g/mol. The highest BCUT2D eigenvalue weighted by Crippen LogP contribution is 2.20. The highest BCUT2D eigenvalue weighted by molar-refractivity contribution is 7.92. The summed E-state index contributed by atoms with van der Waals surface area (Å²) in [6.07, 6.45) is 0. The lowest BCUT2D eigenvalue weighted by atomic mass is 10.2. The maximum absolute atomic E-state index is 12.6. The van der Waals surface area contributed by atoms with Gasteiger partial charge in [0.25, 0.3) is 15.9 Å². The minimum atomic E-state index is -3.85. The van der Waals surface area contributed by atoms with Crippen molar-refractivity contribution in [3.63, 3.8) is 0 Å². The number of benzene rings is 3. The third-order valence-corrected chi connectivity index (χ3v) is 5.13. The van der Waals surface area contributed by atoms with Crippen molar-refractivity contribution in [1.29, 1.82) is 0 Å². The average Bonchev–Trinajstić information content (AvgIpc) is 2.62. The van der Waals surface area contributed by atoms with Crippen LogP contribution in [0, 0.1) is 0 Å². The van der Waals surface area contributed by atoms with Crippen LogP contribution in [0.15, 0.2) is 83.8 Å². The summed E-state index contributed by atoms with van der Waals surface area (Å²) in [5, 5.41) is 3.14. The van der Waals surface area contributed by atoms with E-state index in [1.165, 1.54) is 24.3 Å². The molecule has 0 atom stereocenters. The first-order chi connectivity index (χ1) is 12.4. The van der Waals surface area contributed by atoms with E-state index in [-0.39, 0.29) is 10.5 Å². The predicted octanol–water partition coefficient (Wildman–Crippen LogP) is 4.39. The predicted molar refractivity (Wildman–Crippen MR) is 103 cm³/mol. The van der Waals surface area contributed by atoms with Crippen molar-refractivity contribution < 1.29 is 13.2 Å². The lowest BCUT2D eigenvalue weighted by Crippen LogP contribution is -2.16. The fourth-order valence-corrected chi connectivity index (χ4v) is 3.58. The van der Waals surface area contributed by atoms with Crippen LogP contribution in [0.2, 0.25) is 5.02 Å². The lowest BCUT2D eigenvalue weighted by Gasteiger charge is -2.10. The van der Waals surface area contributed by atoms with Crippen LogP contribution in [0.1, 0.15) is 10.4 Å². The fraction of sp³-hybridized carbons (Fsp3) is 0. The minimum absolute atomic E-state index is 0.0156. The van der Waals surface area contributed by atoms with Gasteiger partial charge in [-0.05, 0) is 48.5 Å². The van der Waals surface area contributed by atoms with E-state index in [4.69, 9.17) is 11.6 Å². The van der Waals surface area contributed by atoms with Crippen molar-refractivity contribution in [3.05, 3.63) is 89.4 Å². The number of carbonyl (C=O) groups excluding carboxylic acids is 1. The molecule has 0 fully saturated rings. The number of hydrogen-bond acceptors (Lipinski definition) is 3. The Hall–Kier alpha value is -2.83. The summed E-state index contributed by atoms with van der Waals surface area (Å²) < 4.78 is 27.6. The Balaban J connectivity index is 1.83. The Bertz CT molecular complexity index is 1040. The highest BCUT2D eigenvalue weighted by atomic mass is 35.5. The molecule has 3 aromatic rings. The van der Waals surface area contributed by atoms with Crippen molar-refractivity contribution in [1.82, 2.24) is 0 Å². The van der Waals surface area contributed by atoms with Crippen molar-refractivity contribution in [2.24, 2.45) is 0 Å². The number of para-hydroxylation sites is 1. The van der Waals surface area contributed by atoms with Crippen LogP contribution >= 0.6 is 11.6 Å². The van der Waals surface area contributed by atoms with Crippen LogP contribution < -0.4 is 10.0 Å². The van der Waals surface area contributed by atoms with Crippen molar-refractivity contribution in [2.75, 3.05) is 10.0 Å². The number of anilines is 2. The standard InChI is InChI=1S/C19H15ClN2O3S/c20-15-7-5-10-17(13-15)22-26(24,25)18-11-4-6-14(12-18)19(23)21-16-8-2-1-3-9-16/h1-13,22H,(H,21,23). The van der Waals surface area contributed by atoms with Gasteiger partial charge in [-0.3, -0.25) is 9.52 Å². The zero-order valence-electron chi connectivity index (χ0n) is 13.5. The largest absolute Gasteiger partial charge is 0.322 e. The van der Waals surface area contributed by atoms with E-state index in [2.05, 4.69) is 10.0 Å². The summed E-state index contributed by atoms with van der Waals surface area (Å²) in [5.41, 5.74) is 1.21. The number of sulfonamides is 1. The second-order valence-electron chi connectivity index (χ2n) is 5.46. The normalized spacial score (nSPS) is 11.0. The van der Waals surface area contributed by atoms with E-state index < -0.39 is 15.9 Å². The molecule has 3 rings (SSSR count). The van der Waals surface area contributed by atoms with Gasteiger partial charge in [-0.25, -0.2) is 8.42 Å². The summed E-state index contributed by atoms with van der Waals surface area (Å²) in [5.74, 6) is -0.393. The van der Waals surface area contributed by atoms with E-state index in [9.17, 15) is 13.2 Å². The average molecular weight is 387 g/mol. The van der Waals surface area contributed by atoms with E-state index in [0.717, 1.165) is 0 Å². The van der Waals surface area contributed by atoms with Gasteiger partial charge in [0.05, 0.1) is 10.6 Å². The molecule has 0 saturated carbocycles. The molecule has 0 aliphatic carbocycles. The smallest absolute Gasteiger partial charge is 0.261 e. The Kier molecular flexibility index (Phi) is 5.25. The Morgan fingerprint density at radius 1 is 0.808 bits per heavy atom. The summed E-state index contributed by atoms with van der Waals surface area (Å²) >= 11 is 5.88. The number of hydrogen-bond donors (Lipinski definition) is 2. The molecule has 0 aromatic heterocycles. The van der Waals surface area contributed by atoms with Crippen LogP contribution in [0.4, 0.5) is 11.4 Å². The molecule has 2 N–H and O–H groups in total. The molecule has 0 heterocycles. The highest BCUT2D eigenvalue weighted by Gasteiger charge is 2.17. The molecule has 1 amide bonds. The van der Waals surface area contributed by atoms with Gasteiger partial charge < -0.3 is 5.32 Å². The molecule has 0 spiro atoms. The molecule has 0 saturated heterocycles. The van der Waals surface area contributed by atoms with Gasteiger partial charge in [0.2, 0.25) is 0 Å². The van der Waals surface area contributed by atoms with Gasteiger partial charge in [0, 0.05) is 16.3 Å². The van der Waals surface area contributed by atoms with E-state index >= 15 is 0 Å². The van der Waals surface area contributed by atoms with E-state index in [1.54, 1.807) is 48.5 Å². The van der Waals surface area contributed by atoms with Gasteiger partial charge in [-0.2, -0.15) is 0 Å². The SMILES string of the molecule is O=C(Nc1ccccc1)c1cccc(S(=O)(=O)Nc2cccc(Cl)c2)c1. The van der Waals surface area contributed by atoms with Crippen molar-refractivity contribution in [3.8, 4) is 0 Å². The Morgan fingerprint density at radius 3 is 2.23 bits per heavy atom. The molecule has 132 valence electrons. The molecule has 5 nitrogen and oxygen atoms in total. The number of halogens is 1. The molecular weight excluding hydrogens is 372 g/mol. The molecule has 7 heteroatoms. The Labute approximate surface area is 156 Å². The third-order valence-electron chi connectivity index (χ3n) is 3.52. The summed E-state index contributed by atoms with van der Waals surface area (Å²) in [7, 11) is -3.85. The maximum Gasteiger partial charge on any atom is 0.261 e. The summed E-state index contributed by atoms with van der Waals surface area (Å²) in [4.78, 5) is 12.3. The van der Waals surface area contributed by atoms with Crippen LogP contribution in [0.5, 0.6) is 0 Å². The lowest BCUT2D eigenvalue weighted by molar-refractivity contribution is 0.102. The first-order valence-corrected chi connectivity index (χ1v) is 9.55. The molecule has 0 aliphatic rings. The third kappa shape index (κ3) is 4.41. The second-order valence-corrected chi connectivity index (χ2v) is 7.58. The number of carbonyl (C=O) groups is 1. The van der Waals surface area contributed by atoms with Gasteiger partial charge in [-0.1, -0.05) is 41.9 Å². The van der Waals surface area contributed by atoms with Gasteiger partial charge in [0.15, 0.2) is 0 Å². The molecule has 0 radical (unpaired) electrons. The Morgan fingerprint density at radius 2 is 1.50 bits per heavy atom. The molecule has 26 heavy (non-hydrogen) atoms. The fourth-order valence-electron chi connectivity index (χ4n) is 2.30. The van der Waals surface area contributed by atoms with Crippen LogP contribution in [-0.4, -0.2) is 14.3 Å². The number of amides is 1. The molecule has 3 aromatic carbocycles. The molecule has 0 bridgehead atoms. The maximum atomic E-state index is 12.6. The minimum Gasteiger partial charge on any atom is -0.322 e. The summed E-state index contributed by atoms with van der Waals surface area (Å²) in [6, 6.07) is 21.1. The van der Waals surface area contributed by atoms with Gasteiger partial charge in [-0.15, -0.1) is 0 Å². The van der Waals surface area contributed by atoms with Crippen LogP contribution in [-0.2, 0) is 10.0 Å². The molecule has 0 unspecified atom stereocenters. The van der Waals surface area contributed by atoms with Gasteiger partial charge in [0.1, 0.15) is 0 Å². The first kappa shape index (κ1) is 18.0. The topological polar surface area (TPSA) is 75.3 Å². The van der Waals surface area contributed by atoms with E-state index in [1.807, 2.05) is 6.07 Å². The van der Waals surface area contributed by atoms with Crippen LogP contribution in [0.3, 0.4) is 0 Å². The number of rotatable bonds is 5. The summed E-state index contributed by atoms with van der Waals surface area (Å²) in [6.45, 7) is 0. The molecule has 0 aliphatic heterocycles. The van der Waals surface area contributed by atoms with Crippen molar-refractivity contribution >= 4 is 38.9 Å². The second kappa shape index (κ2) is 7.59.